The number of rotatable bonds is 6. The third-order valence-electron chi connectivity index (χ3n) is 5.93. The van der Waals surface area contributed by atoms with Crippen LogP contribution in [0.1, 0.15) is 38.2 Å². The van der Waals surface area contributed by atoms with Crippen LogP contribution in [-0.4, -0.2) is 43.5 Å². The second-order valence-electron chi connectivity index (χ2n) is 7.86. The lowest BCUT2D eigenvalue weighted by Gasteiger charge is -2.32. The Bertz CT molecular complexity index is 525. The van der Waals surface area contributed by atoms with Gasteiger partial charge >= 0.3 is 0 Å². The normalized spacial score (nSPS) is 25.6. The van der Waals surface area contributed by atoms with Gasteiger partial charge in [0, 0.05) is 19.0 Å². The van der Waals surface area contributed by atoms with Gasteiger partial charge in [0.15, 0.2) is 0 Å². The maximum atomic E-state index is 12.4. The summed E-state index contributed by atoms with van der Waals surface area (Å²) >= 11 is 0. The predicted octanol–water partition coefficient (Wildman–Crippen LogP) is 2.65. The molecule has 2 aliphatic heterocycles. The summed E-state index contributed by atoms with van der Waals surface area (Å²) in [4.78, 5) is 14.9. The number of carbonyl (C=O) groups excluding carboxylic acids is 1. The summed E-state index contributed by atoms with van der Waals surface area (Å²) in [5.74, 6) is 1.69. The number of nitrogens with one attached hydrogen (secondary N) is 2. The lowest BCUT2D eigenvalue weighted by Crippen LogP contribution is -2.44. The van der Waals surface area contributed by atoms with E-state index >= 15 is 0 Å². The molecule has 1 aromatic carbocycles. The van der Waals surface area contributed by atoms with Crippen LogP contribution in [0, 0.1) is 17.8 Å². The fourth-order valence-electron chi connectivity index (χ4n) is 4.21. The molecule has 2 saturated heterocycles. The van der Waals surface area contributed by atoms with Crippen LogP contribution in [0.3, 0.4) is 0 Å². The number of carbonyl (C=O) groups is 1. The Balaban J connectivity index is 1.32. The first-order valence-electron chi connectivity index (χ1n) is 9.97. The minimum atomic E-state index is 0.203. The zero-order chi connectivity index (χ0) is 17.5. The van der Waals surface area contributed by atoms with E-state index in [-0.39, 0.29) is 11.8 Å². The fraction of sp³-hybridized carbons (Fsp3) is 0.667. The van der Waals surface area contributed by atoms with E-state index in [1.807, 2.05) is 0 Å². The van der Waals surface area contributed by atoms with E-state index in [0.717, 1.165) is 44.9 Å². The number of hydrogen-bond donors (Lipinski definition) is 2. The molecular formula is C21H33N3O. The molecule has 2 fully saturated rings. The van der Waals surface area contributed by atoms with Gasteiger partial charge in [-0.25, -0.2) is 0 Å². The van der Waals surface area contributed by atoms with E-state index in [2.05, 4.69) is 52.8 Å². The summed E-state index contributed by atoms with van der Waals surface area (Å²) in [6.07, 6.45) is 4.62. The minimum Gasteiger partial charge on any atom is -0.356 e. The quantitative estimate of drug-likeness (QED) is 0.835. The van der Waals surface area contributed by atoms with Crippen LogP contribution in [0.2, 0.25) is 0 Å². The van der Waals surface area contributed by atoms with Crippen molar-refractivity contribution in [3.63, 3.8) is 0 Å². The first kappa shape index (κ1) is 18.4. The van der Waals surface area contributed by atoms with Gasteiger partial charge in [0.2, 0.25) is 5.91 Å². The molecule has 0 unspecified atom stereocenters. The van der Waals surface area contributed by atoms with Crippen molar-refractivity contribution in [2.75, 3.05) is 32.7 Å². The summed E-state index contributed by atoms with van der Waals surface area (Å²) in [6, 6.07) is 10.7. The molecule has 0 aromatic heterocycles. The van der Waals surface area contributed by atoms with Gasteiger partial charge in [0.05, 0.1) is 0 Å². The van der Waals surface area contributed by atoms with Crippen LogP contribution >= 0.6 is 0 Å². The van der Waals surface area contributed by atoms with Crippen molar-refractivity contribution >= 4 is 5.91 Å². The van der Waals surface area contributed by atoms with E-state index in [1.165, 1.54) is 31.5 Å². The number of benzene rings is 1. The maximum absolute atomic E-state index is 12.4. The molecular weight excluding hydrogens is 310 g/mol. The second kappa shape index (κ2) is 9.35. The molecule has 4 nitrogen and oxygen atoms in total. The average molecular weight is 344 g/mol. The number of hydrogen-bond acceptors (Lipinski definition) is 3. The van der Waals surface area contributed by atoms with E-state index < -0.39 is 0 Å². The first-order valence-corrected chi connectivity index (χ1v) is 9.97. The Kier molecular flexibility index (Phi) is 6.88. The SMILES string of the molecule is C[C@H]1CNCC[C@H]1C(=O)NCCC1CCN(Cc2ccccc2)CC1. The van der Waals surface area contributed by atoms with Gasteiger partial charge in [-0.3, -0.25) is 9.69 Å². The van der Waals surface area contributed by atoms with Gasteiger partial charge in [0.25, 0.3) is 0 Å². The van der Waals surface area contributed by atoms with Crippen molar-refractivity contribution < 1.29 is 4.79 Å². The summed E-state index contributed by atoms with van der Waals surface area (Å²) in [7, 11) is 0. The molecule has 1 amide bonds. The molecule has 25 heavy (non-hydrogen) atoms. The molecule has 2 N–H and O–H groups in total. The predicted molar refractivity (Wildman–Crippen MR) is 102 cm³/mol. The highest BCUT2D eigenvalue weighted by atomic mass is 16.1. The van der Waals surface area contributed by atoms with Crippen molar-refractivity contribution in [1.29, 1.82) is 0 Å². The number of piperidine rings is 2. The fourth-order valence-corrected chi connectivity index (χ4v) is 4.21. The third kappa shape index (κ3) is 5.55. The van der Waals surface area contributed by atoms with E-state index in [0.29, 0.717) is 5.92 Å². The van der Waals surface area contributed by atoms with Crippen LogP contribution in [0.15, 0.2) is 30.3 Å². The lowest BCUT2D eigenvalue weighted by molar-refractivity contribution is -0.127. The molecule has 4 heteroatoms. The van der Waals surface area contributed by atoms with Gasteiger partial charge in [-0.15, -0.1) is 0 Å². The summed E-state index contributed by atoms with van der Waals surface area (Å²) in [5, 5.41) is 6.56. The average Bonchev–Trinajstić information content (AvgIpc) is 2.64. The van der Waals surface area contributed by atoms with Gasteiger partial charge in [-0.05, 0) is 69.3 Å². The summed E-state index contributed by atoms with van der Waals surface area (Å²) < 4.78 is 0. The Morgan fingerprint density at radius 1 is 1.20 bits per heavy atom. The zero-order valence-electron chi connectivity index (χ0n) is 15.5. The van der Waals surface area contributed by atoms with Gasteiger partial charge in [0.1, 0.15) is 0 Å². The van der Waals surface area contributed by atoms with E-state index in [4.69, 9.17) is 0 Å². The number of nitrogens with zero attached hydrogens (tertiary/aromatic N) is 1. The van der Waals surface area contributed by atoms with Crippen LogP contribution < -0.4 is 10.6 Å². The number of amides is 1. The molecule has 0 radical (unpaired) electrons. The smallest absolute Gasteiger partial charge is 0.223 e. The summed E-state index contributed by atoms with van der Waals surface area (Å²) in [5.41, 5.74) is 1.41. The molecule has 0 bridgehead atoms. The Morgan fingerprint density at radius 3 is 2.68 bits per heavy atom. The van der Waals surface area contributed by atoms with Crippen molar-refractivity contribution in [3.8, 4) is 0 Å². The molecule has 2 aliphatic rings. The number of likely N-dealkylation sites (tertiary alicyclic amines) is 1. The molecule has 1 aromatic rings. The van der Waals surface area contributed by atoms with Crippen LogP contribution in [0.4, 0.5) is 0 Å². The molecule has 138 valence electrons. The topological polar surface area (TPSA) is 44.4 Å². The van der Waals surface area contributed by atoms with Crippen LogP contribution in [-0.2, 0) is 11.3 Å². The molecule has 2 heterocycles. The third-order valence-corrected chi connectivity index (χ3v) is 5.93. The monoisotopic (exact) mass is 343 g/mol. The van der Waals surface area contributed by atoms with Crippen LogP contribution in [0.5, 0.6) is 0 Å². The Morgan fingerprint density at radius 2 is 1.96 bits per heavy atom. The molecule has 0 saturated carbocycles. The Labute approximate surface area is 152 Å². The lowest BCUT2D eigenvalue weighted by atomic mass is 9.87. The standard InChI is InChI=1S/C21H33N3O/c1-17-15-22-11-8-20(17)21(25)23-12-7-18-9-13-24(14-10-18)16-19-5-3-2-4-6-19/h2-6,17-18,20,22H,7-16H2,1H3,(H,23,25)/t17-,20+/m0/s1. The largest absolute Gasteiger partial charge is 0.356 e. The molecule has 0 spiro atoms. The molecule has 2 atom stereocenters. The molecule has 0 aliphatic carbocycles. The second-order valence-corrected chi connectivity index (χ2v) is 7.86. The summed E-state index contributed by atoms with van der Waals surface area (Å²) in [6.45, 7) is 8.40. The van der Waals surface area contributed by atoms with Crippen molar-refractivity contribution in [3.05, 3.63) is 35.9 Å². The van der Waals surface area contributed by atoms with Gasteiger partial charge < -0.3 is 10.6 Å². The van der Waals surface area contributed by atoms with Gasteiger partial charge in [-0.1, -0.05) is 37.3 Å². The van der Waals surface area contributed by atoms with Crippen molar-refractivity contribution in [2.24, 2.45) is 17.8 Å². The van der Waals surface area contributed by atoms with Crippen molar-refractivity contribution in [1.82, 2.24) is 15.5 Å². The zero-order valence-corrected chi connectivity index (χ0v) is 15.5. The highest BCUT2D eigenvalue weighted by molar-refractivity contribution is 5.79. The minimum absolute atomic E-state index is 0.203. The van der Waals surface area contributed by atoms with E-state index in [9.17, 15) is 4.79 Å². The highest BCUT2D eigenvalue weighted by Gasteiger charge is 2.27. The van der Waals surface area contributed by atoms with Gasteiger partial charge in [-0.2, -0.15) is 0 Å². The van der Waals surface area contributed by atoms with Crippen molar-refractivity contribution in [2.45, 2.75) is 39.2 Å². The first-order chi connectivity index (χ1) is 12.2. The van der Waals surface area contributed by atoms with E-state index in [1.54, 1.807) is 0 Å². The highest BCUT2D eigenvalue weighted by Crippen LogP contribution is 2.22. The molecule has 3 rings (SSSR count). The van der Waals surface area contributed by atoms with Crippen LogP contribution in [0.25, 0.3) is 0 Å². The Hall–Kier alpha value is -1.39. The maximum Gasteiger partial charge on any atom is 0.223 e.